The Morgan fingerprint density at radius 3 is 2.75 bits per heavy atom. The van der Waals surface area contributed by atoms with Crippen molar-refractivity contribution in [2.45, 2.75) is 20.3 Å². The third-order valence-corrected chi connectivity index (χ3v) is 4.73. The third-order valence-electron chi connectivity index (χ3n) is 4.23. The molecule has 7 nitrogen and oxygen atoms in total. The maximum Gasteiger partial charge on any atom is 0.254 e. The molecule has 0 aliphatic rings. The Labute approximate surface area is 171 Å². The zero-order valence-electron chi connectivity index (χ0n) is 15.6. The van der Waals surface area contributed by atoms with Crippen molar-refractivity contribution in [2.75, 3.05) is 11.9 Å². The third kappa shape index (κ3) is 4.64. The van der Waals surface area contributed by atoms with E-state index in [0.717, 1.165) is 15.7 Å². The molecule has 2 amide bonds. The number of halogens is 1. The fourth-order valence-electron chi connectivity index (χ4n) is 2.67. The van der Waals surface area contributed by atoms with Crippen LogP contribution in [-0.2, 0) is 4.79 Å². The fraction of sp³-hybridized carbons (Fsp3) is 0.200. The van der Waals surface area contributed by atoms with E-state index in [0.29, 0.717) is 17.1 Å². The second kappa shape index (κ2) is 8.79. The molecule has 2 heterocycles. The Balaban J connectivity index is 1.55. The molecular formula is C20H20BrN5O2. The van der Waals surface area contributed by atoms with Gasteiger partial charge in [-0.2, -0.15) is 5.10 Å². The van der Waals surface area contributed by atoms with Crippen LogP contribution < -0.4 is 10.6 Å². The van der Waals surface area contributed by atoms with Gasteiger partial charge in [-0.05, 0) is 43.7 Å². The lowest BCUT2D eigenvalue weighted by molar-refractivity contribution is -0.116. The zero-order chi connectivity index (χ0) is 20.1. The summed E-state index contributed by atoms with van der Waals surface area (Å²) in [7, 11) is 0. The minimum atomic E-state index is -0.272. The number of rotatable bonds is 6. The van der Waals surface area contributed by atoms with E-state index in [9.17, 15) is 9.59 Å². The van der Waals surface area contributed by atoms with Crippen molar-refractivity contribution in [1.29, 1.82) is 0 Å². The van der Waals surface area contributed by atoms with Crippen LogP contribution in [0.15, 0.2) is 53.3 Å². The van der Waals surface area contributed by atoms with Crippen molar-refractivity contribution in [1.82, 2.24) is 20.1 Å². The van der Waals surface area contributed by atoms with E-state index in [4.69, 9.17) is 0 Å². The van der Waals surface area contributed by atoms with E-state index in [1.807, 2.05) is 43.3 Å². The van der Waals surface area contributed by atoms with Crippen LogP contribution in [0.3, 0.4) is 0 Å². The van der Waals surface area contributed by atoms with E-state index < -0.39 is 0 Å². The first-order chi connectivity index (χ1) is 13.5. The topological polar surface area (TPSA) is 88.9 Å². The molecule has 1 aromatic carbocycles. The summed E-state index contributed by atoms with van der Waals surface area (Å²) in [6, 6.07) is 11.2. The van der Waals surface area contributed by atoms with Gasteiger partial charge < -0.3 is 10.6 Å². The largest absolute Gasteiger partial charge is 0.351 e. The van der Waals surface area contributed by atoms with Gasteiger partial charge in [0, 0.05) is 29.3 Å². The lowest BCUT2D eigenvalue weighted by Crippen LogP contribution is -2.28. The van der Waals surface area contributed by atoms with Crippen LogP contribution in [0.5, 0.6) is 0 Å². The quantitative estimate of drug-likeness (QED) is 0.613. The zero-order valence-corrected chi connectivity index (χ0v) is 17.2. The number of aromatic nitrogens is 3. The highest BCUT2D eigenvalue weighted by Crippen LogP contribution is 2.20. The summed E-state index contributed by atoms with van der Waals surface area (Å²) in [5.41, 5.74) is 2.86. The minimum Gasteiger partial charge on any atom is -0.351 e. The molecule has 0 saturated carbocycles. The van der Waals surface area contributed by atoms with Crippen molar-refractivity contribution in [3.63, 3.8) is 0 Å². The van der Waals surface area contributed by atoms with Crippen molar-refractivity contribution in [2.24, 2.45) is 0 Å². The number of carbonyl (C=O) groups is 2. The molecule has 0 unspecified atom stereocenters. The Bertz CT molecular complexity index is 1000. The van der Waals surface area contributed by atoms with Crippen LogP contribution in [0.25, 0.3) is 5.82 Å². The molecule has 2 aromatic heterocycles. The average Bonchev–Trinajstić information content (AvgIpc) is 3.07. The predicted molar refractivity (Wildman–Crippen MR) is 111 cm³/mol. The molecular weight excluding hydrogens is 422 g/mol. The summed E-state index contributed by atoms with van der Waals surface area (Å²) >= 11 is 3.39. The number of carbonyl (C=O) groups excluding carboxylic acids is 2. The van der Waals surface area contributed by atoms with Gasteiger partial charge in [0.1, 0.15) is 0 Å². The van der Waals surface area contributed by atoms with E-state index in [-0.39, 0.29) is 24.8 Å². The molecule has 28 heavy (non-hydrogen) atoms. The van der Waals surface area contributed by atoms with Crippen LogP contribution in [-0.4, -0.2) is 33.1 Å². The Kier molecular flexibility index (Phi) is 6.20. The Morgan fingerprint density at radius 2 is 2.00 bits per heavy atom. The van der Waals surface area contributed by atoms with Gasteiger partial charge in [-0.3, -0.25) is 9.59 Å². The smallest absolute Gasteiger partial charge is 0.254 e. The van der Waals surface area contributed by atoms with E-state index >= 15 is 0 Å². The molecule has 0 bridgehead atoms. The Morgan fingerprint density at radius 1 is 1.18 bits per heavy atom. The number of hydrogen-bond acceptors (Lipinski definition) is 4. The molecule has 0 atom stereocenters. The van der Waals surface area contributed by atoms with Crippen LogP contribution in [0.1, 0.15) is 28.0 Å². The van der Waals surface area contributed by atoms with Crippen molar-refractivity contribution < 1.29 is 9.59 Å². The first kappa shape index (κ1) is 19.8. The standard InChI is InChI=1S/C20H20BrN5O2/c1-13-6-7-15(21)11-17(13)25-19(27)8-10-23-20(28)16-12-24-26(14(16)2)18-5-3-4-9-22-18/h3-7,9,11-12H,8,10H2,1-2H3,(H,23,28)(H,25,27). The van der Waals surface area contributed by atoms with Gasteiger partial charge in [-0.25, -0.2) is 9.67 Å². The van der Waals surface area contributed by atoms with E-state index in [2.05, 4.69) is 36.6 Å². The van der Waals surface area contributed by atoms with E-state index in [1.165, 1.54) is 6.20 Å². The van der Waals surface area contributed by atoms with Crippen molar-refractivity contribution in [3.8, 4) is 5.82 Å². The average molecular weight is 442 g/mol. The van der Waals surface area contributed by atoms with E-state index in [1.54, 1.807) is 17.8 Å². The summed E-state index contributed by atoms with van der Waals surface area (Å²) in [5.74, 6) is 0.205. The fourth-order valence-corrected chi connectivity index (χ4v) is 3.03. The molecule has 0 spiro atoms. The van der Waals surface area contributed by atoms with Gasteiger partial charge >= 0.3 is 0 Å². The highest BCUT2D eigenvalue weighted by atomic mass is 79.9. The highest BCUT2D eigenvalue weighted by molar-refractivity contribution is 9.10. The first-order valence-electron chi connectivity index (χ1n) is 8.76. The lowest BCUT2D eigenvalue weighted by atomic mass is 10.2. The molecule has 0 radical (unpaired) electrons. The normalized spacial score (nSPS) is 10.5. The predicted octanol–water partition coefficient (Wildman–Crippen LogP) is 3.41. The Hall–Kier alpha value is -3.00. The summed E-state index contributed by atoms with van der Waals surface area (Å²) in [4.78, 5) is 28.8. The molecule has 144 valence electrons. The molecule has 3 aromatic rings. The van der Waals surface area contributed by atoms with Gasteiger partial charge in [-0.1, -0.05) is 28.1 Å². The second-order valence-corrected chi connectivity index (χ2v) is 7.17. The highest BCUT2D eigenvalue weighted by Gasteiger charge is 2.15. The number of benzene rings is 1. The van der Waals surface area contributed by atoms with Gasteiger partial charge in [0.2, 0.25) is 5.91 Å². The van der Waals surface area contributed by atoms with Crippen LogP contribution in [0, 0.1) is 13.8 Å². The molecule has 0 saturated heterocycles. The maximum absolute atomic E-state index is 12.4. The minimum absolute atomic E-state index is 0.164. The molecule has 2 N–H and O–H groups in total. The number of nitrogens with one attached hydrogen (secondary N) is 2. The van der Waals surface area contributed by atoms with Gasteiger partial charge in [0.05, 0.1) is 17.5 Å². The molecule has 8 heteroatoms. The van der Waals surface area contributed by atoms with Gasteiger partial charge in [0.15, 0.2) is 5.82 Å². The van der Waals surface area contributed by atoms with Crippen molar-refractivity contribution in [3.05, 3.63) is 70.1 Å². The van der Waals surface area contributed by atoms with Gasteiger partial charge in [-0.15, -0.1) is 0 Å². The molecule has 3 rings (SSSR count). The number of nitrogens with zero attached hydrogens (tertiary/aromatic N) is 3. The van der Waals surface area contributed by atoms with Gasteiger partial charge in [0.25, 0.3) is 5.91 Å². The van der Waals surface area contributed by atoms with Crippen LogP contribution in [0.4, 0.5) is 5.69 Å². The van der Waals surface area contributed by atoms with Crippen LogP contribution >= 0.6 is 15.9 Å². The number of anilines is 1. The molecule has 0 aliphatic heterocycles. The lowest BCUT2D eigenvalue weighted by Gasteiger charge is -2.09. The number of hydrogen-bond donors (Lipinski definition) is 2. The summed E-state index contributed by atoms with van der Waals surface area (Å²) in [5, 5.41) is 9.85. The number of pyridine rings is 1. The number of amides is 2. The SMILES string of the molecule is Cc1ccc(Br)cc1NC(=O)CCNC(=O)c1cnn(-c2ccccn2)c1C. The maximum atomic E-state index is 12.4. The van der Waals surface area contributed by atoms with Crippen molar-refractivity contribution >= 4 is 33.4 Å². The molecule has 0 aliphatic carbocycles. The summed E-state index contributed by atoms with van der Waals surface area (Å²) in [6.45, 7) is 3.96. The van der Waals surface area contributed by atoms with Crippen LogP contribution in [0.2, 0.25) is 0 Å². The second-order valence-electron chi connectivity index (χ2n) is 6.26. The summed E-state index contributed by atoms with van der Waals surface area (Å²) in [6.07, 6.45) is 3.34. The molecule has 0 fully saturated rings. The summed E-state index contributed by atoms with van der Waals surface area (Å²) < 4.78 is 2.50. The first-order valence-corrected chi connectivity index (χ1v) is 9.55. The number of aryl methyl sites for hydroxylation is 1. The monoisotopic (exact) mass is 441 g/mol.